The number of hydrogen-bond donors (Lipinski definition) is 0. The summed E-state index contributed by atoms with van der Waals surface area (Å²) in [4.78, 5) is 15.5. The molecular weight excluding hydrogens is 248 g/mol. The largest absolute Gasteiger partial charge is 0.288 e. The third-order valence-electron chi connectivity index (χ3n) is 2.18. The van der Waals surface area contributed by atoms with Gasteiger partial charge < -0.3 is 0 Å². The molecule has 1 heterocycles. The minimum atomic E-state index is -0.898. The van der Waals surface area contributed by atoms with Crippen molar-refractivity contribution in [2.75, 3.05) is 0 Å². The Hall–Kier alpha value is -1.81. The second kappa shape index (κ2) is 4.59. The van der Waals surface area contributed by atoms with Gasteiger partial charge in [-0.2, -0.15) is 0 Å². The molecule has 1 aromatic carbocycles. The molecule has 86 valence electrons. The lowest BCUT2D eigenvalue weighted by molar-refractivity contribution is 0.103. The second-order valence-corrected chi connectivity index (χ2v) is 3.68. The average Bonchev–Trinajstić information content (AvgIpc) is 2.29. The van der Waals surface area contributed by atoms with Crippen LogP contribution in [0.15, 0.2) is 36.5 Å². The highest BCUT2D eigenvalue weighted by atomic mass is 35.5. The van der Waals surface area contributed by atoms with Gasteiger partial charge >= 0.3 is 0 Å². The summed E-state index contributed by atoms with van der Waals surface area (Å²) in [5, 5.41) is 0.204. The Kier molecular flexibility index (Phi) is 3.15. The summed E-state index contributed by atoms with van der Waals surface area (Å²) in [7, 11) is 0. The molecule has 0 aliphatic heterocycles. The van der Waals surface area contributed by atoms with Gasteiger partial charge in [0.25, 0.3) is 0 Å². The molecule has 5 heteroatoms. The normalized spacial score (nSPS) is 10.3. The summed E-state index contributed by atoms with van der Waals surface area (Å²) in [5.41, 5.74) is -0.505. The third kappa shape index (κ3) is 2.31. The van der Waals surface area contributed by atoms with Gasteiger partial charge in [-0.1, -0.05) is 17.7 Å². The predicted octanol–water partition coefficient (Wildman–Crippen LogP) is 3.24. The van der Waals surface area contributed by atoms with Crippen LogP contribution in [0, 0.1) is 11.6 Å². The molecule has 0 amide bonds. The van der Waals surface area contributed by atoms with Crippen LogP contribution in [0.25, 0.3) is 0 Å². The zero-order valence-electron chi connectivity index (χ0n) is 8.45. The molecule has 0 bridgehead atoms. The van der Waals surface area contributed by atoms with Gasteiger partial charge in [0, 0.05) is 11.8 Å². The molecule has 17 heavy (non-hydrogen) atoms. The Morgan fingerprint density at radius 3 is 2.29 bits per heavy atom. The third-order valence-corrected chi connectivity index (χ3v) is 2.40. The van der Waals surface area contributed by atoms with Gasteiger partial charge in [0.2, 0.25) is 0 Å². The molecule has 0 saturated heterocycles. The van der Waals surface area contributed by atoms with Crippen molar-refractivity contribution in [2.24, 2.45) is 0 Å². The van der Waals surface area contributed by atoms with E-state index in [1.54, 1.807) is 0 Å². The first-order valence-corrected chi connectivity index (χ1v) is 5.07. The van der Waals surface area contributed by atoms with Crippen LogP contribution >= 0.6 is 11.6 Å². The highest BCUT2D eigenvalue weighted by Crippen LogP contribution is 2.17. The molecule has 0 N–H and O–H groups in total. The summed E-state index contributed by atoms with van der Waals surface area (Å²) >= 11 is 5.55. The minimum Gasteiger partial charge on any atom is -0.288 e. The first-order valence-electron chi connectivity index (χ1n) is 4.70. The summed E-state index contributed by atoms with van der Waals surface area (Å²) in [6.07, 6.45) is 1.18. The number of carbonyl (C=O) groups excluding carboxylic acids is 1. The molecule has 0 saturated carbocycles. The molecule has 0 aliphatic rings. The number of pyridine rings is 1. The van der Waals surface area contributed by atoms with Crippen molar-refractivity contribution >= 4 is 17.4 Å². The van der Waals surface area contributed by atoms with Crippen LogP contribution in [-0.2, 0) is 0 Å². The molecule has 2 nitrogen and oxygen atoms in total. The molecule has 1 aromatic heterocycles. The molecule has 2 aromatic rings. The number of rotatable bonds is 2. The van der Waals surface area contributed by atoms with Crippen LogP contribution in [-0.4, -0.2) is 10.8 Å². The van der Waals surface area contributed by atoms with Crippen molar-refractivity contribution in [3.05, 3.63) is 64.4 Å². The van der Waals surface area contributed by atoms with E-state index in [1.807, 2.05) is 0 Å². The predicted molar refractivity (Wildman–Crippen MR) is 59.0 cm³/mol. The smallest absolute Gasteiger partial charge is 0.200 e. The standard InChI is InChI=1S/C12H6ClF2NO/c13-10-5-4-7(6-16-10)12(17)11-8(14)2-1-3-9(11)15/h1-6H. The van der Waals surface area contributed by atoms with Crippen molar-refractivity contribution < 1.29 is 13.6 Å². The number of hydrogen-bond acceptors (Lipinski definition) is 2. The van der Waals surface area contributed by atoms with Crippen molar-refractivity contribution in [3.63, 3.8) is 0 Å². The number of aromatic nitrogens is 1. The fraction of sp³-hybridized carbons (Fsp3) is 0. The highest BCUT2D eigenvalue weighted by Gasteiger charge is 2.18. The topological polar surface area (TPSA) is 30.0 Å². The molecular formula is C12H6ClF2NO. The van der Waals surface area contributed by atoms with E-state index >= 15 is 0 Å². The summed E-state index contributed by atoms with van der Waals surface area (Å²) in [6, 6.07) is 6.00. The van der Waals surface area contributed by atoms with Crippen LogP contribution in [0.2, 0.25) is 5.15 Å². The summed E-state index contributed by atoms with van der Waals surface area (Å²) in [5.74, 6) is -2.56. The van der Waals surface area contributed by atoms with Gasteiger partial charge in [-0.25, -0.2) is 13.8 Å². The molecule has 0 unspecified atom stereocenters. The average molecular weight is 254 g/mol. The Bertz CT molecular complexity index is 549. The Labute approximate surface area is 101 Å². The van der Waals surface area contributed by atoms with Gasteiger partial charge in [-0.3, -0.25) is 4.79 Å². The van der Waals surface area contributed by atoms with Crippen LogP contribution in [0.4, 0.5) is 8.78 Å². The maximum atomic E-state index is 13.4. The molecule has 0 spiro atoms. The minimum absolute atomic E-state index is 0.0819. The van der Waals surface area contributed by atoms with E-state index in [-0.39, 0.29) is 10.7 Å². The zero-order valence-corrected chi connectivity index (χ0v) is 9.21. The lowest BCUT2D eigenvalue weighted by Gasteiger charge is -2.03. The zero-order chi connectivity index (χ0) is 12.4. The maximum Gasteiger partial charge on any atom is 0.200 e. The second-order valence-electron chi connectivity index (χ2n) is 3.30. The Balaban J connectivity index is 2.47. The first-order chi connectivity index (χ1) is 8.09. The van der Waals surface area contributed by atoms with E-state index < -0.39 is 23.0 Å². The van der Waals surface area contributed by atoms with Crippen molar-refractivity contribution in [1.82, 2.24) is 4.98 Å². The van der Waals surface area contributed by atoms with E-state index in [0.29, 0.717) is 0 Å². The number of carbonyl (C=O) groups is 1. The summed E-state index contributed by atoms with van der Waals surface area (Å²) in [6.45, 7) is 0. The van der Waals surface area contributed by atoms with Gasteiger partial charge in [0.15, 0.2) is 5.78 Å². The van der Waals surface area contributed by atoms with E-state index in [2.05, 4.69) is 4.98 Å². The monoisotopic (exact) mass is 253 g/mol. The Morgan fingerprint density at radius 2 is 1.76 bits per heavy atom. The van der Waals surface area contributed by atoms with Crippen LogP contribution < -0.4 is 0 Å². The lowest BCUT2D eigenvalue weighted by Crippen LogP contribution is -2.07. The van der Waals surface area contributed by atoms with Crippen LogP contribution in [0.1, 0.15) is 15.9 Å². The van der Waals surface area contributed by atoms with Gasteiger partial charge in [0.05, 0.1) is 5.56 Å². The first kappa shape index (κ1) is 11.7. The molecule has 2 rings (SSSR count). The van der Waals surface area contributed by atoms with E-state index in [1.165, 1.54) is 24.4 Å². The van der Waals surface area contributed by atoms with Gasteiger partial charge in [-0.15, -0.1) is 0 Å². The van der Waals surface area contributed by atoms with E-state index in [4.69, 9.17) is 11.6 Å². The van der Waals surface area contributed by atoms with Crippen LogP contribution in [0.5, 0.6) is 0 Å². The quantitative estimate of drug-likeness (QED) is 0.607. The molecule has 0 aliphatic carbocycles. The van der Waals surface area contributed by atoms with Crippen molar-refractivity contribution in [3.8, 4) is 0 Å². The van der Waals surface area contributed by atoms with Gasteiger partial charge in [-0.05, 0) is 24.3 Å². The van der Waals surface area contributed by atoms with Crippen molar-refractivity contribution in [1.29, 1.82) is 0 Å². The highest BCUT2D eigenvalue weighted by molar-refractivity contribution is 6.29. The lowest BCUT2D eigenvalue weighted by atomic mass is 10.0. The van der Waals surface area contributed by atoms with E-state index in [0.717, 1.165) is 12.1 Å². The molecule has 0 atom stereocenters. The number of ketones is 1. The van der Waals surface area contributed by atoms with Crippen LogP contribution in [0.3, 0.4) is 0 Å². The fourth-order valence-corrected chi connectivity index (χ4v) is 1.48. The molecule has 0 radical (unpaired) electrons. The number of benzene rings is 1. The molecule has 0 fully saturated rings. The fourth-order valence-electron chi connectivity index (χ4n) is 1.37. The SMILES string of the molecule is O=C(c1ccc(Cl)nc1)c1c(F)cccc1F. The Morgan fingerprint density at radius 1 is 1.12 bits per heavy atom. The van der Waals surface area contributed by atoms with E-state index in [9.17, 15) is 13.6 Å². The maximum absolute atomic E-state index is 13.4. The number of nitrogens with zero attached hydrogens (tertiary/aromatic N) is 1. The van der Waals surface area contributed by atoms with Gasteiger partial charge in [0.1, 0.15) is 16.8 Å². The van der Waals surface area contributed by atoms with Crippen molar-refractivity contribution in [2.45, 2.75) is 0 Å². The summed E-state index contributed by atoms with van der Waals surface area (Å²) < 4.78 is 26.7. The number of halogens is 3.